The van der Waals surface area contributed by atoms with Crippen LogP contribution in [-0.4, -0.2) is 57.5 Å². The lowest BCUT2D eigenvalue weighted by Gasteiger charge is -2.28. The van der Waals surface area contributed by atoms with Crippen LogP contribution < -0.4 is 10.1 Å². The van der Waals surface area contributed by atoms with Crippen LogP contribution in [0.15, 0.2) is 0 Å². The van der Waals surface area contributed by atoms with Crippen LogP contribution in [0.2, 0.25) is 0 Å². The molecule has 0 amide bonds. The number of hydrogen-bond donors (Lipinski definition) is 2. The van der Waals surface area contributed by atoms with Gasteiger partial charge in [0, 0.05) is 26.7 Å². The van der Waals surface area contributed by atoms with Gasteiger partial charge in [0.05, 0.1) is 0 Å². The zero-order valence-corrected chi connectivity index (χ0v) is 12.3. The van der Waals surface area contributed by atoms with Crippen molar-refractivity contribution >= 4 is 10.2 Å². The molecule has 2 N–H and O–H groups in total. The van der Waals surface area contributed by atoms with Crippen molar-refractivity contribution in [2.75, 3.05) is 39.8 Å². The maximum absolute atomic E-state index is 12.0. The number of hydrogen-bond acceptors (Lipinski definition) is 4. The van der Waals surface area contributed by atoms with Crippen LogP contribution in [0.25, 0.3) is 0 Å². The molecular weight excluding hydrogens is 252 g/mol. The number of rotatable bonds is 8. The van der Waals surface area contributed by atoms with Crippen LogP contribution in [0.4, 0.5) is 0 Å². The van der Waals surface area contributed by atoms with Crippen molar-refractivity contribution in [3.63, 3.8) is 0 Å². The lowest BCUT2D eigenvalue weighted by Crippen LogP contribution is -2.50. The molecular formula is C11H26N4O2S. The summed E-state index contributed by atoms with van der Waals surface area (Å²) in [4.78, 5) is 2.65. The minimum absolute atomic E-state index is 0.538. The zero-order chi connectivity index (χ0) is 13.4. The lowest BCUT2D eigenvalue weighted by molar-refractivity contribution is 0.194. The predicted molar refractivity (Wildman–Crippen MR) is 73.3 cm³/mol. The first-order chi connectivity index (χ1) is 8.56. The van der Waals surface area contributed by atoms with Crippen LogP contribution in [0.3, 0.4) is 0 Å². The molecule has 6 nitrogen and oxygen atoms in total. The minimum atomic E-state index is -3.37. The van der Waals surface area contributed by atoms with E-state index >= 15 is 0 Å². The Hall–Kier alpha value is -0.210. The van der Waals surface area contributed by atoms with E-state index in [0.717, 1.165) is 45.4 Å². The molecule has 1 rings (SSSR count). The van der Waals surface area contributed by atoms with Crippen molar-refractivity contribution in [3.05, 3.63) is 0 Å². The summed E-state index contributed by atoms with van der Waals surface area (Å²) in [5.41, 5.74) is 0. The Balaban J connectivity index is 2.31. The van der Waals surface area contributed by atoms with Crippen LogP contribution >= 0.6 is 0 Å². The average Bonchev–Trinajstić information content (AvgIpc) is 2.35. The van der Waals surface area contributed by atoms with Crippen molar-refractivity contribution in [3.8, 4) is 0 Å². The molecule has 1 aliphatic rings. The molecule has 0 aromatic rings. The molecule has 0 saturated carbocycles. The number of nitrogens with zero attached hydrogens (tertiary/aromatic N) is 2. The Morgan fingerprint density at radius 1 is 1.22 bits per heavy atom. The summed E-state index contributed by atoms with van der Waals surface area (Å²) in [6.45, 7) is 5.96. The van der Waals surface area contributed by atoms with Gasteiger partial charge in [0.1, 0.15) is 0 Å². The molecule has 108 valence electrons. The summed E-state index contributed by atoms with van der Waals surface area (Å²) in [5.74, 6) is 0. The van der Waals surface area contributed by atoms with Gasteiger partial charge in [-0.25, -0.2) is 5.01 Å². The molecule has 0 unspecified atom stereocenters. The molecule has 7 heteroatoms. The Bertz CT molecular complexity index is 315. The first-order valence-electron chi connectivity index (χ1n) is 6.75. The molecule has 18 heavy (non-hydrogen) atoms. The topological polar surface area (TPSA) is 64.7 Å². The number of hydrazine groups is 1. The van der Waals surface area contributed by atoms with Gasteiger partial charge in [-0.05, 0) is 32.4 Å². The van der Waals surface area contributed by atoms with Gasteiger partial charge in [-0.15, -0.1) is 4.83 Å². The number of piperidine rings is 1. The fourth-order valence-electron chi connectivity index (χ4n) is 1.94. The van der Waals surface area contributed by atoms with Crippen LogP contribution in [0.5, 0.6) is 0 Å². The predicted octanol–water partition coefficient (Wildman–Crippen LogP) is 0.153. The van der Waals surface area contributed by atoms with Crippen molar-refractivity contribution in [2.24, 2.45) is 0 Å². The fourth-order valence-corrected chi connectivity index (χ4v) is 2.96. The molecule has 1 aliphatic heterocycles. The van der Waals surface area contributed by atoms with Gasteiger partial charge in [-0.2, -0.15) is 12.7 Å². The Labute approximate surface area is 111 Å². The summed E-state index contributed by atoms with van der Waals surface area (Å²) in [6, 6.07) is 0. The quantitative estimate of drug-likeness (QED) is 0.621. The third-order valence-corrected chi connectivity index (χ3v) is 4.58. The highest BCUT2D eigenvalue weighted by molar-refractivity contribution is 7.87. The Morgan fingerprint density at radius 2 is 1.89 bits per heavy atom. The van der Waals surface area contributed by atoms with Crippen molar-refractivity contribution in [1.29, 1.82) is 0 Å². The smallest absolute Gasteiger partial charge is 0.292 e. The van der Waals surface area contributed by atoms with Crippen molar-refractivity contribution in [1.82, 2.24) is 19.5 Å². The van der Waals surface area contributed by atoms with Gasteiger partial charge in [-0.3, -0.25) is 0 Å². The second-order valence-corrected chi connectivity index (χ2v) is 6.43. The molecule has 0 bridgehead atoms. The zero-order valence-electron chi connectivity index (χ0n) is 11.5. The SMILES string of the molecule is CCNCCCN(C)S(=O)(=O)NN1CCCCC1. The summed E-state index contributed by atoms with van der Waals surface area (Å²) >= 11 is 0. The number of nitrogens with one attached hydrogen (secondary N) is 2. The summed E-state index contributed by atoms with van der Waals surface area (Å²) in [7, 11) is -1.74. The lowest BCUT2D eigenvalue weighted by atomic mass is 10.2. The molecule has 0 aromatic heterocycles. The van der Waals surface area contributed by atoms with E-state index in [1.54, 1.807) is 12.1 Å². The van der Waals surface area contributed by atoms with E-state index in [4.69, 9.17) is 0 Å². The normalized spacial score (nSPS) is 18.4. The highest BCUT2D eigenvalue weighted by atomic mass is 32.2. The van der Waals surface area contributed by atoms with Crippen LogP contribution in [0.1, 0.15) is 32.6 Å². The van der Waals surface area contributed by atoms with E-state index in [0.29, 0.717) is 6.54 Å². The minimum Gasteiger partial charge on any atom is -0.317 e. The summed E-state index contributed by atoms with van der Waals surface area (Å²) in [6.07, 6.45) is 4.14. The standard InChI is InChI=1S/C11H26N4O2S/c1-3-12-8-7-9-14(2)18(16,17)13-15-10-5-4-6-11-15/h12-13H,3-11H2,1-2H3. The van der Waals surface area contributed by atoms with E-state index in [1.165, 1.54) is 10.7 Å². The molecule has 0 spiro atoms. The van der Waals surface area contributed by atoms with Gasteiger partial charge in [0.15, 0.2) is 0 Å². The van der Waals surface area contributed by atoms with Gasteiger partial charge in [0.2, 0.25) is 0 Å². The fraction of sp³-hybridized carbons (Fsp3) is 1.00. The molecule has 0 aromatic carbocycles. The first kappa shape index (κ1) is 15.8. The molecule has 1 fully saturated rings. The van der Waals surface area contributed by atoms with Crippen molar-refractivity contribution < 1.29 is 8.42 Å². The van der Waals surface area contributed by atoms with Crippen molar-refractivity contribution in [2.45, 2.75) is 32.6 Å². The Morgan fingerprint density at radius 3 is 2.50 bits per heavy atom. The third-order valence-electron chi connectivity index (χ3n) is 3.09. The van der Waals surface area contributed by atoms with E-state index in [-0.39, 0.29) is 0 Å². The highest BCUT2D eigenvalue weighted by Gasteiger charge is 2.21. The third kappa shape index (κ3) is 5.62. The largest absolute Gasteiger partial charge is 0.317 e. The highest BCUT2D eigenvalue weighted by Crippen LogP contribution is 2.07. The van der Waals surface area contributed by atoms with E-state index in [1.807, 2.05) is 6.92 Å². The van der Waals surface area contributed by atoms with E-state index in [2.05, 4.69) is 10.1 Å². The molecule has 0 radical (unpaired) electrons. The van der Waals surface area contributed by atoms with Gasteiger partial charge < -0.3 is 5.32 Å². The molecule has 0 atom stereocenters. The van der Waals surface area contributed by atoms with Gasteiger partial charge in [0.25, 0.3) is 10.2 Å². The average molecular weight is 278 g/mol. The Kier molecular flexibility index (Phi) is 7.10. The van der Waals surface area contributed by atoms with E-state index < -0.39 is 10.2 Å². The molecule has 0 aliphatic carbocycles. The summed E-state index contributed by atoms with van der Waals surface area (Å²) < 4.78 is 25.4. The summed E-state index contributed by atoms with van der Waals surface area (Å²) in [5, 5.41) is 4.99. The maximum Gasteiger partial charge on any atom is 0.292 e. The van der Waals surface area contributed by atoms with E-state index in [9.17, 15) is 8.42 Å². The molecule has 1 heterocycles. The maximum atomic E-state index is 12.0. The second kappa shape index (κ2) is 8.06. The van der Waals surface area contributed by atoms with Crippen LogP contribution in [0, 0.1) is 0 Å². The second-order valence-electron chi connectivity index (χ2n) is 4.67. The van der Waals surface area contributed by atoms with Gasteiger partial charge >= 0.3 is 0 Å². The van der Waals surface area contributed by atoms with Gasteiger partial charge in [-0.1, -0.05) is 13.3 Å². The monoisotopic (exact) mass is 278 g/mol. The van der Waals surface area contributed by atoms with Crippen LogP contribution in [-0.2, 0) is 10.2 Å². The first-order valence-corrected chi connectivity index (χ1v) is 8.19. The molecule has 1 saturated heterocycles.